The Balaban J connectivity index is 1.60. The maximum absolute atomic E-state index is 10.6. The molecule has 6 heteroatoms. The first-order chi connectivity index (χ1) is 16.2. The standard InChI is InChI=1S/C27H35N2O3P/c1-2-3-4-5-6-7-10-22-12-14-23(15-13-22)25-17-16-24(27-26(25)11-8-19-29-27)21-28-18-9-20-32-33(30)31/h8,11-17,19,28H,2-7,9-10,18,20-21H2,1H3/p+1. The smallest absolute Gasteiger partial charge is 0.313 e. The average molecular weight is 468 g/mol. The summed E-state index contributed by atoms with van der Waals surface area (Å²) in [7, 11) is -2.51. The summed E-state index contributed by atoms with van der Waals surface area (Å²) in [6.07, 6.45) is 11.6. The van der Waals surface area contributed by atoms with Crippen LogP contribution in [0, 0.1) is 0 Å². The zero-order valence-electron chi connectivity index (χ0n) is 19.6. The van der Waals surface area contributed by atoms with E-state index in [1.807, 2.05) is 12.3 Å². The van der Waals surface area contributed by atoms with Crippen molar-refractivity contribution in [3.8, 4) is 11.1 Å². The van der Waals surface area contributed by atoms with Crippen molar-refractivity contribution >= 4 is 19.2 Å². The largest absolute Gasteiger partial charge is 0.694 e. The number of benzene rings is 2. The molecular formula is C27H36N2O3P+. The topological polar surface area (TPSA) is 71.5 Å². The van der Waals surface area contributed by atoms with Gasteiger partial charge in [-0.3, -0.25) is 4.98 Å². The molecule has 0 radical (unpaired) electrons. The number of pyridine rings is 1. The molecule has 1 atom stereocenters. The molecule has 2 aromatic carbocycles. The van der Waals surface area contributed by atoms with E-state index in [4.69, 9.17) is 9.42 Å². The lowest BCUT2D eigenvalue weighted by Crippen LogP contribution is -2.16. The number of aryl methyl sites for hydroxylation is 1. The van der Waals surface area contributed by atoms with E-state index in [9.17, 15) is 4.57 Å². The Bertz CT molecular complexity index is 1010. The molecule has 5 nitrogen and oxygen atoms in total. The van der Waals surface area contributed by atoms with E-state index >= 15 is 0 Å². The summed E-state index contributed by atoms with van der Waals surface area (Å²) < 4.78 is 15.2. The van der Waals surface area contributed by atoms with Gasteiger partial charge in [-0.25, -0.2) is 0 Å². The summed E-state index contributed by atoms with van der Waals surface area (Å²) in [6.45, 7) is 3.93. The second-order valence-corrected chi connectivity index (χ2v) is 9.22. The van der Waals surface area contributed by atoms with E-state index in [1.54, 1.807) is 0 Å². The zero-order chi connectivity index (χ0) is 23.3. The Morgan fingerprint density at radius 2 is 1.76 bits per heavy atom. The van der Waals surface area contributed by atoms with E-state index in [-0.39, 0.29) is 6.61 Å². The van der Waals surface area contributed by atoms with Crippen LogP contribution < -0.4 is 5.32 Å². The highest BCUT2D eigenvalue weighted by Gasteiger charge is 2.11. The molecule has 0 bridgehead atoms. The molecule has 0 saturated carbocycles. The first kappa shape index (κ1) is 25.5. The van der Waals surface area contributed by atoms with E-state index in [2.05, 4.69) is 59.7 Å². The van der Waals surface area contributed by atoms with Crippen LogP contribution in [-0.2, 0) is 22.1 Å². The third-order valence-corrected chi connectivity index (χ3v) is 6.36. The van der Waals surface area contributed by atoms with Crippen molar-refractivity contribution < 1.29 is 14.0 Å². The number of nitrogens with one attached hydrogen (secondary N) is 1. The van der Waals surface area contributed by atoms with Gasteiger partial charge in [0, 0.05) is 22.7 Å². The molecular weight excluding hydrogens is 431 g/mol. The van der Waals surface area contributed by atoms with Crippen LogP contribution in [0.15, 0.2) is 54.7 Å². The lowest BCUT2D eigenvalue weighted by atomic mass is 9.96. The van der Waals surface area contributed by atoms with Crippen LogP contribution in [0.3, 0.4) is 0 Å². The van der Waals surface area contributed by atoms with Gasteiger partial charge in [0.25, 0.3) is 0 Å². The van der Waals surface area contributed by atoms with Crippen LogP contribution in [0.4, 0.5) is 0 Å². The van der Waals surface area contributed by atoms with Gasteiger partial charge in [0.15, 0.2) is 0 Å². The highest BCUT2D eigenvalue weighted by Crippen LogP contribution is 2.30. The van der Waals surface area contributed by atoms with Gasteiger partial charge >= 0.3 is 8.25 Å². The Morgan fingerprint density at radius 3 is 2.55 bits per heavy atom. The fraction of sp³-hybridized carbons (Fsp3) is 0.444. The molecule has 3 aromatic rings. The van der Waals surface area contributed by atoms with Gasteiger partial charge in [-0.1, -0.05) is 81.5 Å². The molecule has 0 aliphatic rings. The molecule has 0 aliphatic carbocycles. The van der Waals surface area contributed by atoms with Crippen LogP contribution in [0.5, 0.6) is 0 Å². The van der Waals surface area contributed by atoms with Gasteiger partial charge < -0.3 is 5.32 Å². The summed E-state index contributed by atoms with van der Waals surface area (Å²) in [4.78, 5) is 13.3. The Labute approximate surface area is 198 Å². The first-order valence-corrected chi connectivity index (χ1v) is 13.3. The van der Waals surface area contributed by atoms with Gasteiger partial charge in [-0.15, -0.1) is 9.42 Å². The lowest BCUT2D eigenvalue weighted by Gasteiger charge is -2.12. The highest BCUT2D eigenvalue weighted by molar-refractivity contribution is 7.32. The Morgan fingerprint density at radius 1 is 0.970 bits per heavy atom. The summed E-state index contributed by atoms with van der Waals surface area (Å²) in [5.74, 6) is 0. The van der Waals surface area contributed by atoms with Crippen LogP contribution >= 0.6 is 8.25 Å². The van der Waals surface area contributed by atoms with E-state index in [0.29, 0.717) is 19.5 Å². The van der Waals surface area contributed by atoms with Gasteiger partial charge in [-0.05, 0) is 54.1 Å². The molecule has 0 spiro atoms. The maximum atomic E-state index is 10.6. The van der Waals surface area contributed by atoms with Crippen molar-refractivity contribution in [1.82, 2.24) is 10.3 Å². The second kappa shape index (κ2) is 14.2. The van der Waals surface area contributed by atoms with Crippen LogP contribution in [0.1, 0.15) is 63.0 Å². The van der Waals surface area contributed by atoms with Crippen molar-refractivity contribution in [3.05, 3.63) is 65.9 Å². The summed E-state index contributed by atoms with van der Waals surface area (Å²) in [6, 6.07) is 17.4. The number of hydrogen-bond acceptors (Lipinski definition) is 4. The predicted octanol–water partition coefficient (Wildman–Crippen LogP) is 6.95. The minimum Gasteiger partial charge on any atom is -0.313 e. The molecule has 33 heavy (non-hydrogen) atoms. The fourth-order valence-corrected chi connectivity index (χ4v) is 4.43. The summed E-state index contributed by atoms with van der Waals surface area (Å²) in [5, 5.41) is 4.53. The van der Waals surface area contributed by atoms with Gasteiger partial charge in [0.05, 0.1) is 5.52 Å². The molecule has 3 rings (SSSR count). The maximum Gasteiger partial charge on any atom is 0.694 e. The van der Waals surface area contributed by atoms with Crippen LogP contribution in [0.2, 0.25) is 0 Å². The average Bonchev–Trinajstić information content (AvgIpc) is 2.84. The molecule has 2 N–H and O–H groups in total. The molecule has 0 aliphatic heterocycles. The fourth-order valence-electron chi connectivity index (χ4n) is 4.15. The van der Waals surface area contributed by atoms with Crippen molar-refractivity contribution in [2.45, 2.75) is 64.8 Å². The number of aromatic nitrogens is 1. The summed E-state index contributed by atoms with van der Waals surface area (Å²) >= 11 is 0. The lowest BCUT2D eigenvalue weighted by molar-refractivity contribution is 0.276. The van der Waals surface area contributed by atoms with E-state index < -0.39 is 8.25 Å². The minimum absolute atomic E-state index is 0.269. The van der Waals surface area contributed by atoms with Crippen molar-refractivity contribution in [2.75, 3.05) is 13.2 Å². The minimum atomic E-state index is -2.51. The molecule has 176 valence electrons. The highest BCUT2D eigenvalue weighted by atomic mass is 31.1. The second-order valence-electron chi connectivity index (χ2n) is 8.49. The predicted molar refractivity (Wildman–Crippen MR) is 136 cm³/mol. The quantitative estimate of drug-likeness (QED) is 0.187. The van der Waals surface area contributed by atoms with Gasteiger partial charge in [0.2, 0.25) is 0 Å². The third-order valence-electron chi connectivity index (χ3n) is 5.95. The number of rotatable bonds is 15. The molecule has 1 unspecified atom stereocenters. The molecule has 0 saturated heterocycles. The molecule has 0 fully saturated rings. The number of nitrogens with zero attached hydrogens (tertiary/aromatic N) is 1. The molecule has 0 amide bonds. The van der Waals surface area contributed by atoms with E-state index in [1.165, 1.54) is 55.2 Å². The normalized spacial score (nSPS) is 11.8. The van der Waals surface area contributed by atoms with Gasteiger partial charge in [0.1, 0.15) is 6.61 Å². The SMILES string of the molecule is CCCCCCCCc1ccc(-c2ccc(CNCCCO[P+](=O)O)c3ncccc23)cc1. The summed E-state index contributed by atoms with van der Waals surface area (Å²) in [5.41, 5.74) is 5.98. The Kier molecular flexibility index (Phi) is 10.9. The monoisotopic (exact) mass is 467 g/mol. The van der Waals surface area contributed by atoms with E-state index in [0.717, 1.165) is 22.9 Å². The van der Waals surface area contributed by atoms with Gasteiger partial charge in [-0.2, -0.15) is 0 Å². The molecule has 1 heterocycles. The van der Waals surface area contributed by atoms with Crippen molar-refractivity contribution in [2.24, 2.45) is 0 Å². The van der Waals surface area contributed by atoms with Crippen LogP contribution in [-0.4, -0.2) is 23.0 Å². The molecule has 1 aromatic heterocycles. The van der Waals surface area contributed by atoms with Crippen LogP contribution in [0.25, 0.3) is 22.0 Å². The number of hydrogen-bond donors (Lipinski definition) is 2. The third kappa shape index (κ3) is 8.28. The van der Waals surface area contributed by atoms with Crippen molar-refractivity contribution in [1.29, 1.82) is 0 Å². The first-order valence-electron chi connectivity index (χ1n) is 12.1. The number of fused-ring (bicyclic) bond motifs is 1. The number of unbranched alkanes of at least 4 members (excludes halogenated alkanes) is 5. The Hall–Kier alpha value is -2.17. The van der Waals surface area contributed by atoms with Crippen molar-refractivity contribution in [3.63, 3.8) is 0 Å². The zero-order valence-corrected chi connectivity index (χ0v) is 20.5.